The maximum absolute atomic E-state index is 15.0. The number of halogens is 4. The Balaban J connectivity index is 1.47. The van der Waals surface area contributed by atoms with Crippen LogP contribution in [0.2, 0.25) is 0 Å². The molecule has 0 aliphatic heterocycles. The van der Waals surface area contributed by atoms with Gasteiger partial charge in [-0.2, -0.15) is 4.39 Å². The summed E-state index contributed by atoms with van der Waals surface area (Å²) in [5.41, 5.74) is 1.91. The van der Waals surface area contributed by atoms with Gasteiger partial charge in [-0.1, -0.05) is 48.6 Å². The zero-order valence-electron chi connectivity index (χ0n) is 19.3. The van der Waals surface area contributed by atoms with Gasteiger partial charge in [-0.15, -0.1) is 0 Å². The van der Waals surface area contributed by atoms with E-state index in [2.05, 4.69) is 0 Å². The minimum atomic E-state index is -0.980. The number of benzene rings is 2. The number of allylic oxidation sites excluding steroid dienone is 4. The van der Waals surface area contributed by atoms with E-state index in [1.807, 2.05) is 0 Å². The van der Waals surface area contributed by atoms with Crippen molar-refractivity contribution in [2.75, 3.05) is 14.2 Å². The van der Waals surface area contributed by atoms with Crippen LogP contribution in [0.15, 0.2) is 66.0 Å². The molecule has 2 aliphatic rings. The summed E-state index contributed by atoms with van der Waals surface area (Å²) in [5, 5.41) is 0. The fourth-order valence-corrected chi connectivity index (χ4v) is 4.76. The van der Waals surface area contributed by atoms with E-state index in [4.69, 9.17) is 9.47 Å². The van der Waals surface area contributed by atoms with Gasteiger partial charge in [0.05, 0.1) is 13.2 Å². The molecule has 0 aromatic heterocycles. The molecule has 0 heterocycles. The molecule has 6 heteroatoms. The van der Waals surface area contributed by atoms with Crippen LogP contribution in [-0.4, -0.2) is 20.3 Å². The van der Waals surface area contributed by atoms with Crippen molar-refractivity contribution in [3.63, 3.8) is 0 Å². The molecule has 2 aromatic carbocycles. The third-order valence-corrected chi connectivity index (χ3v) is 6.83. The molecule has 0 saturated heterocycles. The quantitative estimate of drug-likeness (QED) is 0.396. The molecule has 0 bridgehead atoms. The maximum Gasteiger partial charge on any atom is 0.196 e. The second-order valence-corrected chi connectivity index (χ2v) is 8.80. The lowest BCUT2D eigenvalue weighted by atomic mass is 9.82. The van der Waals surface area contributed by atoms with E-state index in [1.54, 1.807) is 55.7 Å². The second kappa shape index (κ2) is 10.6. The highest BCUT2D eigenvalue weighted by atomic mass is 19.2. The molecule has 1 atom stereocenters. The number of hydrogen-bond donors (Lipinski definition) is 0. The Bertz CT molecular complexity index is 1110. The summed E-state index contributed by atoms with van der Waals surface area (Å²) in [4.78, 5) is 0. The molecule has 2 aromatic rings. The lowest BCUT2D eigenvalue weighted by Gasteiger charge is -2.28. The highest BCUT2D eigenvalue weighted by molar-refractivity contribution is 5.67. The van der Waals surface area contributed by atoms with Crippen molar-refractivity contribution in [3.05, 3.63) is 88.7 Å². The van der Waals surface area contributed by atoms with Gasteiger partial charge < -0.3 is 9.47 Å². The van der Waals surface area contributed by atoms with E-state index in [0.29, 0.717) is 17.5 Å². The Kier molecular flexibility index (Phi) is 7.57. The molecule has 1 fully saturated rings. The van der Waals surface area contributed by atoms with Gasteiger partial charge in [-0.3, -0.25) is 0 Å². The first-order chi connectivity index (χ1) is 16.4. The zero-order valence-corrected chi connectivity index (χ0v) is 19.3. The van der Waals surface area contributed by atoms with Crippen molar-refractivity contribution in [3.8, 4) is 11.1 Å². The molecule has 1 saturated carbocycles. The summed E-state index contributed by atoms with van der Waals surface area (Å²) in [7, 11) is 2.98. The molecule has 34 heavy (non-hydrogen) atoms. The summed E-state index contributed by atoms with van der Waals surface area (Å²) >= 11 is 0. The fraction of sp³-hybridized carbons (Fsp3) is 0.357. The summed E-state index contributed by atoms with van der Waals surface area (Å²) in [6, 6.07) is 10.2. The van der Waals surface area contributed by atoms with Crippen LogP contribution in [0.1, 0.15) is 49.1 Å². The number of rotatable bonds is 6. The van der Waals surface area contributed by atoms with E-state index in [9.17, 15) is 17.6 Å². The van der Waals surface area contributed by atoms with E-state index in [-0.39, 0.29) is 23.3 Å². The van der Waals surface area contributed by atoms with Gasteiger partial charge in [0.1, 0.15) is 5.83 Å². The van der Waals surface area contributed by atoms with Crippen molar-refractivity contribution >= 4 is 6.08 Å². The van der Waals surface area contributed by atoms with Gasteiger partial charge in [0.15, 0.2) is 23.2 Å². The first kappa shape index (κ1) is 24.3. The molecule has 0 radical (unpaired) electrons. The normalized spacial score (nSPS) is 23.4. The van der Waals surface area contributed by atoms with Crippen molar-refractivity contribution in [1.82, 2.24) is 0 Å². The summed E-state index contributed by atoms with van der Waals surface area (Å²) in [6.45, 7) is 0. The van der Waals surface area contributed by atoms with Crippen LogP contribution in [0.4, 0.5) is 17.6 Å². The predicted octanol–water partition coefficient (Wildman–Crippen LogP) is 8.02. The van der Waals surface area contributed by atoms with Crippen molar-refractivity contribution in [2.45, 2.75) is 44.1 Å². The average molecular weight is 473 g/mol. The van der Waals surface area contributed by atoms with Crippen LogP contribution in [-0.2, 0) is 9.47 Å². The van der Waals surface area contributed by atoms with Gasteiger partial charge in [-0.05, 0) is 60.8 Å². The van der Waals surface area contributed by atoms with Crippen LogP contribution in [0.3, 0.4) is 0 Å². The molecule has 0 amide bonds. The third-order valence-electron chi connectivity index (χ3n) is 6.83. The Hall–Kier alpha value is -2.86. The zero-order chi connectivity index (χ0) is 24.2. The standard InChI is InChI=1S/C28H28F4O2/c1-33-21-12-9-19(10-13-21)23-15-14-22(26(30)27(23)31)18-6-3-17(4-7-18)5-8-20-11-16-24(34-2)28(32)25(20)29/h3-8,14-16,19-21H,9-13H2,1-2H3/b8-5+. The molecule has 4 rings (SSSR count). The topological polar surface area (TPSA) is 18.5 Å². The average Bonchev–Trinajstić information content (AvgIpc) is 2.87. The Morgan fingerprint density at radius 1 is 0.853 bits per heavy atom. The lowest BCUT2D eigenvalue weighted by molar-refractivity contribution is 0.0655. The van der Waals surface area contributed by atoms with Gasteiger partial charge in [0, 0.05) is 18.6 Å². The molecule has 1 unspecified atom stereocenters. The van der Waals surface area contributed by atoms with E-state index in [1.165, 1.54) is 13.2 Å². The maximum atomic E-state index is 15.0. The van der Waals surface area contributed by atoms with Crippen molar-refractivity contribution < 1.29 is 27.0 Å². The minimum absolute atomic E-state index is 0.00338. The second-order valence-electron chi connectivity index (χ2n) is 8.80. The van der Waals surface area contributed by atoms with E-state index < -0.39 is 29.2 Å². The molecular formula is C28H28F4O2. The van der Waals surface area contributed by atoms with Crippen LogP contribution in [0.25, 0.3) is 17.2 Å². The molecule has 2 nitrogen and oxygen atoms in total. The summed E-state index contributed by atoms with van der Waals surface area (Å²) < 4.78 is 68.2. The monoisotopic (exact) mass is 472 g/mol. The van der Waals surface area contributed by atoms with Crippen LogP contribution in [0.5, 0.6) is 0 Å². The van der Waals surface area contributed by atoms with Crippen LogP contribution < -0.4 is 0 Å². The van der Waals surface area contributed by atoms with Crippen LogP contribution >= 0.6 is 0 Å². The predicted molar refractivity (Wildman–Crippen MR) is 125 cm³/mol. The van der Waals surface area contributed by atoms with Crippen molar-refractivity contribution in [1.29, 1.82) is 0 Å². The van der Waals surface area contributed by atoms with Gasteiger partial charge in [0.25, 0.3) is 0 Å². The largest absolute Gasteiger partial charge is 0.494 e. The van der Waals surface area contributed by atoms with Gasteiger partial charge in [-0.25, -0.2) is 13.2 Å². The van der Waals surface area contributed by atoms with E-state index in [0.717, 1.165) is 31.2 Å². The summed E-state index contributed by atoms with van der Waals surface area (Å²) in [6.07, 6.45) is 8.51. The number of hydrogen-bond acceptors (Lipinski definition) is 2. The van der Waals surface area contributed by atoms with Gasteiger partial charge in [0.2, 0.25) is 0 Å². The highest BCUT2D eigenvalue weighted by Crippen LogP contribution is 2.38. The summed E-state index contributed by atoms with van der Waals surface area (Å²) in [5.74, 6) is -4.28. The van der Waals surface area contributed by atoms with Crippen molar-refractivity contribution in [2.24, 2.45) is 5.92 Å². The van der Waals surface area contributed by atoms with Gasteiger partial charge >= 0.3 is 0 Å². The number of ether oxygens (including phenoxy) is 2. The minimum Gasteiger partial charge on any atom is -0.494 e. The first-order valence-electron chi connectivity index (χ1n) is 11.5. The molecule has 180 valence electrons. The Morgan fingerprint density at radius 3 is 2.21 bits per heavy atom. The molecule has 0 N–H and O–H groups in total. The molecule has 0 spiro atoms. The molecular weight excluding hydrogens is 444 g/mol. The smallest absolute Gasteiger partial charge is 0.196 e. The third kappa shape index (κ3) is 4.97. The van der Waals surface area contributed by atoms with E-state index >= 15 is 0 Å². The molecule has 2 aliphatic carbocycles. The van der Waals surface area contributed by atoms with Crippen LogP contribution in [0, 0.1) is 17.6 Å². The Labute approximate surface area is 197 Å². The lowest BCUT2D eigenvalue weighted by Crippen LogP contribution is -2.20. The highest BCUT2D eigenvalue weighted by Gasteiger charge is 2.27. The number of methoxy groups -OCH3 is 2. The fourth-order valence-electron chi connectivity index (χ4n) is 4.76. The first-order valence-corrected chi connectivity index (χ1v) is 11.5. The SMILES string of the molecule is COC1=CCC(/C=C/c2ccc(-c3ccc(C4CCC(OC)CC4)c(F)c3F)cc2)C(F)=C1F. The Morgan fingerprint density at radius 2 is 1.56 bits per heavy atom.